The fraction of sp³-hybridized carbons (Fsp3) is 0.340. The summed E-state index contributed by atoms with van der Waals surface area (Å²) in [6, 6.07) is -0.925. The van der Waals surface area contributed by atoms with Crippen molar-refractivity contribution in [1.29, 1.82) is 0 Å². The van der Waals surface area contributed by atoms with Crippen molar-refractivity contribution in [2.45, 2.75) is 77.9 Å². The number of allylic oxidation sites excluding steroid dienone is 1. The van der Waals surface area contributed by atoms with E-state index in [0.29, 0.717) is 12.8 Å². The number of nitrogens with one attached hydrogen (secondary N) is 1. The number of rotatable bonds is 13. The summed E-state index contributed by atoms with van der Waals surface area (Å²) in [5.41, 5.74) is 6.78. The van der Waals surface area contributed by atoms with E-state index in [1.807, 2.05) is 24.3 Å². The van der Waals surface area contributed by atoms with Crippen LogP contribution in [0, 0.1) is 165 Å². The van der Waals surface area contributed by atoms with Gasteiger partial charge in [0.2, 0.25) is 0 Å². The van der Waals surface area contributed by atoms with Crippen molar-refractivity contribution in [2.75, 3.05) is 6.61 Å². The zero-order valence-corrected chi connectivity index (χ0v) is 32.0. The van der Waals surface area contributed by atoms with Gasteiger partial charge in [-0.25, -0.2) is 0 Å². The highest BCUT2D eigenvalue weighted by Gasteiger charge is 2.42. The second-order valence-corrected chi connectivity index (χ2v) is 12.7. The molecule has 1 saturated heterocycles. The minimum absolute atomic E-state index is 0.00213. The Morgan fingerprint density at radius 3 is 1.55 bits per heavy atom. The van der Waals surface area contributed by atoms with Crippen molar-refractivity contribution in [1.82, 2.24) is 5.32 Å². The fourth-order valence-electron chi connectivity index (χ4n) is 4.98. The highest BCUT2D eigenvalue weighted by molar-refractivity contribution is 5.94. The second-order valence-electron chi connectivity index (χ2n) is 12.7. The van der Waals surface area contributed by atoms with Crippen molar-refractivity contribution < 1.29 is 14.3 Å². The van der Waals surface area contributed by atoms with E-state index in [0.717, 1.165) is 12.8 Å². The van der Waals surface area contributed by atoms with Crippen LogP contribution in [0.5, 0.6) is 0 Å². The van der Waals surface area contributed by atoms with Gasteiger partial charge in [-0.2, -0.15) is 0 Å². The third-order valence-corrected chi connectivity index (χ3v) is 7.51. The molecular weight excluding hydrogens is 677 g/mol. The molecule has 55 heavy (non-hydrogen) atoms. The summed E-state index contributed by atoms with van der Waals surface area (Å²) in [6.07, 6.45) is 9.74. The average Bonchev–Trinajstić information content (AvgIpc) is 3.15. The van der Waals surface area contributed by atoms with Crippen molar-refractivity contribution in [3.8, 4) is 142 Å². The van der Waals surface area contributed by atoms with E-state index in [1.165, 1.54) is 0 Å². The van der Waals surface area contributed by atoms with E-state index in [2.05, 4.69) is 194 Å². The largest absolute Gasteiger partial charge is 0.350 e. The van der Waals surface area contributed by atoms with Gasteiger partial charge in [0, 0.05) is 59.3 Å². The number of amides is 1. The predicted molar refractivity (Wildman–Crippen MR) is 223 cm³/mol. The molecule has 1 heterocycles. The Morgan fingerprint density at radius 1 is 0.709 bits per heavy atom. The molecule has 5 heteroatoms. The first-order valence-electron chi connectivity index (χ1n) is 17.4. The number of hydrogen-bond acceptors (Lipinski definition) is 4. The predicted octanol–water partition coefficient (Wildman–Crippen LogP) is 4.80. The number of ether oxygens (including phenoxy) is 2. The standard InChI is InChI=1S/C50H44N2O3/c1-9-14-15-16-17-18-19-20-21-22-23-24-25-26-27-28-29-30-31-32-33-34-35-39-48(53)52-46(45(51)38-36-40-50(6,7)8)41-54-49-44(13-5)42(11-3)43(12-4)47(55-49)37-10-2/h10-13,42-47,49H,2-5,36-38,40-41,51H2,1,6-8H3,(H,52,53)/t42?,43-,44+,45-,46+,47?,49+/m1/s1. The summed E-state index contributed by atoms with van der Waals surface area (Å²) in [6.45, 7) is 24.3. The fourth-order valence-corrected chi connectivity index (χ4v) is 4.98. The van der Waals surface area contributed by atoms with Crippen LogP contribution in [0.15, 0.2) is 50.6 Å². The molecule has 1 aliphatic heterocycles. The summed E-state index contributed by atoms with van der Waals surface area (Å²) < 4.78 is 12.7. The minimum Gasteiger partial charge on any atom is -0.350 e. The van der Waals surface area contributed by atoms with Crippen LogP contribution in [-0.4, -0.2) is 37.0 Å². The van der Waals surface area contributed by atoms with Gasteiger partial charge in [-0.3, -0.25) is 4.79 Å². The number of carbonyl (C=O) groups is 1. The molecule has 0 aromatic heterocycles. The normalized spacial score (nSPS) is 17.7. The van der Waals surface area contributed by atoms with E-state index < -0.39 is 18.2 Å². The summed E-state index contributed by atoms with van der Waals surface area (Å²) in [4.78, 5) is 12.8. The monoisotopic (exact) mass is 720 g/mol. The van der Waals surface area contributed by atoms with Crippen LogP contribution in [0.1, 0.15) is 53.4 Å². The number of carbonyl (C=O) groups excluding carboxylic acids is 1. The van der Waals surface area contributed by atoms with Gasteiger partial charge in [-0.15, -0.1) is 26.3 Å². The number of nitrogens with two attached hydrogens (primary N) is 1. The molecule has 2 unspecified atom stereocenters. The van der Waals surface area contributed by atoms with Crippen molar-refractivity contribution in [2.24, 2.45) is 28.9 Å². The summed E-state index contributed by atoms with van der Waals surface area (Å²) in [7, 11) is 0. The first-order chi connectivity index (χ1) is 26.6. The third kappa shape index (κ3) is 21.2. The lowest BCUT2D eigenvalue weighted by molar-refractivity contribution is -0.235. The molecule has 0 radical (unpaired) electrons. The molecule has 3 N–H and O–H groups in total. The van der Waals surface area contributed by atoms with Gasteiger partial charge in [-0.1, -0.05) is 57.4 Å². The van der Waals surface area contributed by atoms with Gasteiger partial charge < -0.3 is 20.5 Å². The molecule has 1 rings (SSSR count). The Morgan fingerprint density at radius 2 is 1.15 bits per heavy atom. The molecule has 1 fully saturated rings. The van der Waals surface area contributed by atoms with Crippen LogP contribution in [0.2, 0.25) is 0 Å². The molecule has 0 spiro atoms. The van der Waals surface area contributed by atoms with Gasteiger partial charge in [0.05, 0.1) is 18.8 Å². The van der Waals surface area contributed by atoms with Crippen LogP contribution in [-0.2, 0) is 14.3 Å². The molecule has 0 bridgehead atoms. The molecule has 7 atom stereocenters. The maximum atomic E-state index is 12.8. The SMILES string of the molecule is C=CCC1O[C@H](OC[C@H](NC(=O)C#CC#CC#CC#CC#CC#CC#CC#CC#CC#CC#CC#CC)[C@H](N)CCCC(C)(C)C)[C@@H](C=C)C(C=C)[C@H]1C=C. The summed E-state index contributed by atoms with van der Waals surface area (Å²) in [5, 5.41) is 2.90. The van der Waals surface area contributed by atoms with E-state index >= 15 is 0 Å². The second kappa shape index (κ2) is 28.6. The van der Waals surface area contributed by atoms with Gasteiger partial charge in [-0.05, 0) is 132 Å². The van der Waals surface area contributed by atoms with Gasteiger partial charge in [0.15, 0.2) is 6.29 Å². The Hall–Kier alpha value is -6.97. The molecule has 0 saturated carbocycles. The lowest BCUT2D eigenvalue weighted by Crippen LogP contribution is -2.53. The van der Waals surface area contributed by atoms with E-state index in [-0.39, 0.29) is 41.9 Å². The van der Waals surface area contributed by atoms with Crippen LogP contribution >= 0.6 is 0 Å². The summed E-state index contributed by atoms with van der Waals surface area (Å²) in [5.74, 6) is 60.0. The maximum absolute atomic E-state index is 12.8. The molecule has 0 aliphatic carbocycles. The van der Waals surface area contributed by atoms with E-state index in [4.69, 9.17) is 15.2 Å². The Labute approximate surface area is 330 Å². The Kier molecular flexibility index (Phi) is 23.9. The van der Waals surface area contributed by atoms with Crippen LogP contribution in [0.25, 0.3) is 0 Å². The lowest BCUT2D eigenvalue weighted by atomic mass is 9.75. The van der Waals surface area contributed by atoms with Crippen molar-refractivity contribution in [3.05, 3.63) is 50.6 Å². The molecule has 1 aliphatic rings. The van der Waals surface area contributed by atoms with Crippen LogP contribution in [0.3, 0.4) is 0 Å². The first-order valence-corrected chi connectivity index (χ1v) is 17.4. The Bertz CT molecular complexity index is 2200. The molecular formula is C50H44N2O3. The third-order valence-electron chi connectivity index (χ3n) is 7.51. The number of hydrogen-bond donors (Lipinski definition) is 2. The van der Waals surface area contributed by atoms with Gasteiger partial charge in [0.1, 0.15) is 0 Å². The van der Waals surface area contributed by atoms with E-state index in [1.54, 1.807) is 6.92 Å². The molecule has 0 aromatic carbocycles. The highest BCUT2D eigenvalue weighted by atomic mass is 16.7. The Balaban J connectivity index is 2.87. The zero-order valence-electron chi connectivity index (χ0n) is 32.0. The van der Waals surface area contributed by atoms with Gasteiger partial charge in [0.25, 0.3) is 5.91 Å². The molecule has 5 nitrogen and oxygen atoms in total. The van der Waals surface area contributed by atoms with Gasteiger partial charge >= 0.3 is 0 Å². The minimum atomic E-state index is -0.628. The van der Waals surface area contributed by atoms with Crippen molar-refractivity contribution in [3.63, 3.8) is 0 Å². The van der Waals surface area contributed by atoms with Crippen molar-refractivity contribution >= 4 is 5.91 Å². The molecule has 1 amide bonds. The molecule has 272 valence electrons. The van der Waals surface area contributed by atoms with E-state index in [9.17, 15) is 4.79 Å². The topological polar surface area (TPSA) is 73.6 Å². The smallest absolute Gasteiger partial charge is 0.297 e. The lowest BCUT2D eigenvalue weighted by Gasteiger charge is -2.44. The maximum Gasteiger partial charge on any atom is 0.297 e. The highest BCUT2D eigenvalue weighted by Crippen LogP contribution is 2.39. The van der Waals surface area contributed by atoms with Crippen LogP contribution in [0.4, 0.5) is 0 Å². The quantitative estimate of drug-likeness (QED) is 0.212. The average molecular weight is 721 g/mol. The summed E-state index contributed by atoms with van der Waals surface area (Å²) >= 11 is 0. The zero-order chi connectivity index (χ0) is 40.6. The first kappa shape index (κ1) is 46.1. The molecule has 0 aromatic rings. The van der Waals surface area contributed by atoms with Crippen LogP contribution < -0.4 is 11.1 Å².